The SMILES string of the molecule is CCCc1ccc(OCc2cc([N+](=O)[O-])ccc2Cl)cc1. The number of nitrogens with zero attached hydrogens (tertiary/aromatic N) is 1. The van der Waals surface area contributed by atoms with Crippen molar-refractivity contribution in [1.29, 1.82) is 0 Å². The maximum absolute atomic E-state index is 10.8. The maximum atomic E-state index is 10.8. The van der Waals surface area contributed by atoms with Crippen LogP contribution in [0.4, 0.5) is 5.69 Å². The summed E-state index contributed by atoms with van der Waals surface area (Å²) >= 11 is 6.03. The molecule has 0 amide bonds. The second-order valence-corrected chi connectivity index (χ2v) is 5.12. The predicted molar refractivity (Wildman–Crippen MR) is 82.9 cm³/mol. The van der Waals surface area contributed by atoms with Crippen molar-refractivity contribution in [1.82, 2.24) is 0 Å². The fourth-order valence-electron chi connectivity index (χ4n) is 1.99. The normalized spacial score (nSPS) is 10.4. The Morgan fingerprint density at radius 1 is 1.19 bits per heavy atom. The summed E-state index contributed by atoms with van der Waals surface area (Å²) in [5.74, 6) is 0.720. The van der Waals surface area contributed by atoms with Gasteiger partial charge in [-0.3, -0.25) is 10.1 Å². The Morgan fingerprint density at radius 3 is 2.52 bits per heavy atom. The van der Waals surface area contributed by atoms with Crippen molar-refractivity contribution < 1.29 is 9.66 Å². The number of halogens is 1. The molecule has 0 saturated carbocycles. The lowest BCUT2D eigenvalue weighted by molar-refractivity contribution is -0.384. The third-order valence-electron chi connectivity index (χ3n) is 3.10. The third-order valence-corrected chi connectivity index (χ3v) is 3.47. The standard InChI is InChI=1S/C16H16ClNO3/c1-2-3-12-4-7-15(8-5-12)21-11-13-10-14(18(19)20)6-9-16(13)17/h4-10H,2-3,11H2,1H3. The first-order valence-corrected chi connectivity index (χ1v) is 7.12. The van der Waals surface area contributed by atoms with E-state index in [1.54, 1.807) is 0 Å². The number of ether oxygens (including phenoxy) is 1. The van der Waals surface area contributed by atoms with Crippen molar-refractivity contribution in [3.63, 3.8) is 0 Å². The van der Waals surface area contributed by atoms with E-state index in [4.69, 9.17) is 16.3 Å². The van der Waals surface area contributed by atoms with Gasteiger partial charge in [0.1, 0.15) is 12.4 Å². The van der Waals surface area contributed by atoms with Gasteiger partial charge in [0, 0.05) is 22.7 Å². The van der Waals surface area contributed by atoms with Crippen LogP contribution in [-0.4, -0.2) is 4.92 Å². The van der Waals surface area contributed by atoms with Gasteiger partial charge in [-0.1, -0.05) is 37.1 Å². The van der Waals surface area contributed by atoms with Crippen molar-refractivity contribution in [3.8, 4) is 5.75 Å². The van der Waals surface area contributed by atoms with Crippen LogP contribution < -0.4 is 4.74 Å². The number of hydrogen-bond donors (Lipinski definition) is 0. The first-order chi connectivity index (χ1) is 10.1. The van der Waals surface area contributed by atoms with Crippen LogP contribution in [0, 0.1) is 10.1 Å². The molecule has 0 spiro atoms. The first kappa shape index (κ1) is 15.3. The molecule has 21 heavy (non-hydrogen) atoms. The molecule has 0 aliphatic rings. The summed E-state index contributed by atoms with van der Waals surface area (Å²) in [6, 6.07) is 12.2. The minimum absolute atomic E-state index is 0.0105. The molecule has 2 aromatic carbocycles. The van der Waals surface area contributed by atoms with Crippen molar-refractivity contribution in [2.75, 3.05) is 0 Å². The van der Waals surface area contributed by atoms with Crippen molar-refractivity contribution in [2.45, 2.75) is 26.4 Å². The molecule has 0 unspecified atom stereocenters. The molecule has 0 radical (unpaired) electrons. The minimum Gasteiger partial charge on any atom is -0.489 e. The Morgan fingerprint density at radius 2 is 1.90 bits per heavy atom. The Balaban J connectivity index is 2.05. The third kappa shape index (κ3) is 4.20. The molecule has 0 atom stereocenters. The fourth-order valence-corrected chi connectivity index (χ4v) is 2.16. The van der Waals surface area contributed by atoms with Gasteiger partial charge in [0.25, 0.3) is 5.69 Å². The highest BCUT2D eigenvalue weighted by atomic mass is 35.5. The quantitative estimate of drug-likeness (QED) is 0.570. The molecular formula is C16H16ClNO3. The lowest BCUT2D eigenvalue weighted by Gasteiger charge is -2.08. The summed E-state index contributed by atoms with van der Waals surface area (Å²) < 4.78 is 5.63. The zero-order chi connectivity index (χ0) is 15.2. The smallest absolute Gasteiger partial charge is 0.269 e. The van der Waals surface area contributed by atoms with Crippen LogP contribution in [0.3, 0.4) is 0 Å². The van der Waals surface area contributed by atoms with E-state index in [2.05, 4.69) is 6.92 Å². The van der Waals surface area contributed by atoms with Crippen LogP contribution in [0.15, 0.2) is 42.5 Å². The van der Waals surface area contributed by atoms with Crippen LogP contribution in [-0.2, 0) is 13.0 Å². The molecule has 2 rings (SSSR count). The van der Waals surface area contributed by atoms with Crippen molar-refractivity contribution >= 4 is 17.3 Å². The molecule has 0 N–H and O–H groups in total. The summed E-state index contributed by atoms with van der Waals surface area (Å²) in [5.41, 5.74) is 1.87. The number of hydrogen-bond acceptors (Lipinski definition) is 3. The highest BCUT2D eigenvalue weighted by Crippen LogP contribution is 2.24. The van der Waals surface area contributed by atoms with Gasteiger partial charge in [-0.25, -0.2) is 0 Å². The van der Waals surface area contributed by atoms with E-state index in [0.717, 1.165) is 18.6 Å². The monoisotopic (exact) mass is 305 g/mol. The molecule has 110 valence electrons. The van der Waals surface area contributed by atoms with Crippen LogP contribution in [0.25, 0.3) is 0 Å². The predicted octanol–water partition coefficient (Wildman–Crippen LogP) is 4.78. The van der Waals surface area contributed by atoms with Gasteiger partial charge in [0.05, 0.1) is 4.92 Å². The summed E-state index contributed by atoms with van der Waals surface area (Å²) in [7, 11) is 0. The van der Waals surface area contributed by atoms with Gasteiger partial charge in [0.15, 0.2) is 0 Å². The Hall–Kier alpha value is -2.07. The van der Waals surface area contributed by atoms with E-state index in [0.29, 0.717) is 10.6 Å². The van der Waals surface area contributed by atoms with Gasteiger partial charge in [0.2, 0.25) is 0 Å². The number of aryl methyl sites for hydroxylation is 1. The van der Waals surface area contributed by atoms with E-state index >= 15 is 0 Å². The van der Waals surface area contributed by atoms with E-state index in [1.807, 2.05) is 24.3 Å². The second kappa shape index (κ2) is 7.09. The van der Waals surface area contributed by atoms with Gasteiger partial charge >= 0.3 is 0 Å². The summed E-state index contributed by atoms with van der Waals surface area (Å²) in [6.07, 6.45) is 2.14. The van der Waals surface area contributed by atoms with Gasteiger partial charge in [-0.05, 0) is 30.2 Å². The highest BCUT2D eigenvalue weighted by Gasteiger charge is 2.10. The number of non-ortho nitro benzene ring substituents is 1. The number of benzene rings is 2. The lowest BCUT2D eigenvalue weighted by Crippen LogP contribution is -1.98. The number of nitro groups is 1. The Kier molecular flexibility index (Phi) is 5.17. The summed E-state index contributed by atoms with van der Waals surface area (Å²) in [4.78, 5) is 10.3. The van der Waals surface area contributed by atoms with Crippen molar-refractivity contribution in [3.05, 3.63) is 68.7 Å². The zero-order valence-electron chi connectivity index (χ0n) is 11.7. The van der Waals surface area contributed by atoms with Crippen LogP contribution in [0.5, 0.6) is 5.75 Å². The molecule has 0 fully saturated rings. The van der Waals surface area contributed by atoms with Gasteiger partial charge in [-0.15, -0.1) is 0 Å². The molecule has 4 nitrogen and oxygen atoms in total. The largest absolute Gasteiger partial charge is 0.489 e. The first-order valence-electron chi connectivity index (χ1n) is 6.74. The number of rotatable bonds is 6. The summed E-state index contributed by atoms with van der Waals surface area (Å²) in [6.45, 7) is 2.34. The molecule has 0 saturated heterocycles. The Labute approximate surface area is 128 Å². The zero-order valence-corrected chi connectivity index (χ0v) is 12.5. The molecular weight excluding hydrogens is 290 g/mol. The molecule has 0 bridgehead atoms. The lowest BCUT2D eigenvalue weighted by atomic mass is 10.1. The topological polar surface area (TPSA) is 52.4 Å². The van der Waals surface area contributed by atoms with Gasteiger partial charge < -0.3 is 4.74 Å². The fraction of sp³-hybridized carbons (Fsp3) is 0.250. The van der Waals surface area contributed by atoms with E-state index in [1.165, 1.54) is 23.8 Å². The molecule has 2 aromatic rings. The molecule has 0 aromatic heterocycles. The number of nitro benzene ring substituents is 1. The van der Waals surface area contributed by atoms with Crippen LogP contribution >= 0.6 is 11.6 Å². The highest BCUT2D eigenvalue weighted by molar-refractivity contribution is 6.31. The molecule has 0 aliphatic heterocycles. The summed E-state index contributed by atoms with van der Waals surface area (Å²) in [5, 5.41) is 11.2. The molecule has 0 aliphatic carbocycles. The van der Waals surface area contributed by atoms with E-state index < -0.39 is 4.92 Å². The molecule has 5 heteroatoms. The molecule has 0 heterocycles. The second-order valence-electron chi connectivity index (χ2n) is 4.72. The van der Waals surface area contributed by atoms with E-state index in [-0.39, 0.29) is 12.3 Å². The average molecular weight is 306 g/mol. The minimum atomic E-state index is -0.445. The Bertz CT molecular complexity index is 626. The van der Waals surface area contributed by atoms with E-state index in [9.17, 15) is 10.1 Å². The van der Waals surface area contributed by atoms with Gasteiger partial charge in [-0.2, -0.15) is 0 Å². The average Bonchev–Trinajstić information content (AvgIpc) is 2.48. The van der Waals surface area contributed by atoms with Crippen LogP contribution in [0.1, 0.15) is 24.5 Å². The maximum Gasteiger partial charge on any atom is 0.269 e. The van der Waals surface area contributed by atoms with Crippen LogP contribution in [0.2, 0.25) is 5.02 Å². The van der Waals surface area contributed by atoms with Crippen molar-refractivity contribution in [2.24, 2.45) is 0 Å².